The molecular formula is C22H37N5O. The van der Waals surface area contributed by atoms with E-state index in [1.165, 1.54) is 37.8 Å². The maximum Gasteiger partial charge on any atom is 0.191 e. The fourth-order valence-electron chi connectivity index (χ4n) is 3.96. The van der Waals surface area contributed by atoms with Crippen LogP contribution in [0.2, 0.25) is 0 Å². The Morgan fingerprint density at radius 1 is 1.04 bits per heavy atom. The van der Waals surface area contributed by atoms with Gasteiger partial charge in [-0.15, -0.1) is 0 Å². The molecule has 156 valence electrons. The molecule has 0 saturated carbocycles. The highest BCUT2D eigenvalue weighted by Gasteiger charge is 2.20. The van der Waals surface area contributed by atoms with Crippen molar-refractivity contribution in [3.63, 3.8) is 0 Å². The number of aliphatic imine (C=N–C) groups is 1. The molecule has 28 heavy (non-hydrogen) atoms. The molecule has 6 heteroatoms. The summed E-state index contributed by atoms with van der Waals surface area (Å²) in [7, 11) is 1.87. The van der Waals surface area contributed by atoms with Gasteiger partial charge in [0.1, 0.15) is 0 Å². The fourth-order valence-corrected chi connectivity index (χ4v) is 3.96. The fraction of sp³-hybridized carbons (Fsp3) is 0.682. The quantitative estimate of drug-likeness (QED) is 0.406. The zero-order valence-corrected chi connectivity index (χ0v) is 17.4. The zero-order chi connectivity index (χ0) is 19.4. The lowest BCUT2D eigenvalue weighted by Gasteiger charge is -2.33. The van der Waals surface area contributed by atoms with Gasteiger partial charge in [0.2, 0.25) is 0 Å². The first-order valence-electron chi connectivity index (χ1n) is 10.9. The third-order valence-electron chi connectivity index (χ3n) is 5.70. The third kappa shape index (κ3) is 7.41. The van der Waals surface area contributed by atoms with Gasteiger partial charge in [-0.25, -0.2) is 0 Å². The zero-order valence-electron chi connectivity index (χ0n) is 17.4. The Morgan fingerprint density at radius 2 is 1.79 bits per heavy atom. The number of likely N-dealkylation sites (tertiary alicyclic amines) is 1. The third-order valence-corrected chi connectivity index (χ3v) is 5.70. The van der Waals surface area contributed by atoms with Gasteiger partial charge in [0.05, 0.1) is 13.2 Å². The Labute approximate surface area is 170 Å². The number of nitrogens with zero attached hydrogens (tertiary/aromatic N) is 3. The standard InChI is InChI=1S/C22H37N5O/c1-23-22(24-11-5-6-12-26-15-17-28-18-16-26)25-21-9-13-27(14-10-21)19-20-7-3-2-4-8-20/h2-4,7-8,21H,5-6,9-19H2,1H3,(H2,23,24,25). The van der Waals surface area contributed by atoms with Crippen LogP contribution in [0.25, 0.3) is 0 Å². The van der Waals surface area contributed by atoms with Gasteiger partial charge in [-0.2, -0.15) is 0 Å². The molecule has 0 bridgehead atoms. The molecule has 0 radical (unpaired) electrons. The van der Waals surface area contributed by atoms with Crippen molar-refractivity contribution in [3.8, 4) is 0 Å². The minimum absolute atomic E-state index is 0.520. The average molecular weight is 388 g/mol. The maximum atomic E-state index is 5.40. The van der Waals surface area contributed by atoms with Gasteiger partial charge in [0, 0.05) is 52.4 Å². The van der Waals surface area contributed by atoms with Crippen molar-refractivity contribution in [2.45, 2.75) is 38.3 Å². The van der Waals surface area contributed by atoms with Crippen LogP contribution < -0.4 is 10.6 Å². The van der Waals surface area contributed by atoms with Crippen molar-refractivity contribution in [3.05, 3.63) is 35.9 Å². The van der Waals surface area contributed by atoms with Crippen molar-refractivity contribution in [1.29, 1.82) is 0 Å². The molecule has 1 aromatic carbocycles. The van der Waals surface area contributed by atoms with Crippen LogP contribution in [0.4, 0.5) is 0 Å². The van der Waals surface area contributed by atoms with Crippen LogP contribution in [0.1, 0.15) is 31.2 Å². The van der Waals surface area contributed by atoms with Gasteiger partial charge in [0.25, 0.3) is 0 Å². The second-order valence-corrected chi connectivity index (χ2v) is 7.84. The van der Waals surface area contributed by atoms with E-state index in [9.17, 15) is 0 Å². The summed E-state index contributed by atoms with van der Waals surface area (Å²) in [5, 5.41) is 7.10. The Hall–Kier alpha value is -1.63. The average Bonchev–Trinajstić information content (AvgIpc) is 2.75. The van der Waals surface area contributed by atoms with Crippen LogP contribution in [0.5, 0.6) is 0 Å². The Morgan fingerprint density at radius 3 is 2.50 bits per heavy atom. The number of benzene rings is 1. The highest BCUT2D eigenvalue weighted by Crippen LogP contribution is 2.13. The molecule has 3 rings (SSSR count). The molecule has 0 spiro atoms. The first-order valence-corrected chi connectivity index (χ1v) is 10.9. The summed E-state index contributed by atoms with van der Waals surface area (Å²) in [5.74, 6) is 0.952. The molecule has 0 aromatic heterocycles. The molecule has 2 saturated heterocycles. The highest BCUT2D eigenvalue weighted by atomic mass is 16.5. The number of morpholine rings is 1. The second-order valence-electron chi connectivity index (χ2n) is 7.84. The number of unbranched alkanes of at least 4 members (excludes halogenated alkanes) is 1. The molecule has 2 heterocycles. The van der Waals surface area contributed by atoms with Crippen LogP contribution >= 0.6 is 0 Å². The lowest BCUT2D eigenvalue weighted by Crippen LogP contribution is -2.48. The lowest BCUT2D eigenvalue weighted by atomic mass is 10.0. The molecule has 6 nitrogen and oxygen atoms in total. The SMILES string of the molecule is CN=C(NCCCCN1CCOCC1)NC1CCN(Cc2ccccc2)CC1. The van der Waals surface area contributed by atoms with Crippen LogP contribution in [0.15, 0.2) is 35.3 Å². The molecule has 2 N–H and O–H groups in total. The predicted octanol–water partition coefficient (Wildman–Crippen LogP) is 1.93. The van der Waals surface area contributed by atoms with E-state index in [1.54, 1.807) is 0 Å². The number of ether oxygens (including phenoxy) is 1. The summed E-state index contributed by atoms with van der Waals surface area (Å²) in [4.78, 5) is 9.46. The summed E-state index contributed by atoms with van der Waals surface area (Å²) in [6, 6.07) is 11.3. The van der Waals surface area contributed by atoms with Gasteiger partial charge >= 0.3 is 0 Å². The van der Waals surface area contributed by atoms with Crippen molar-refractivity contribution in [2.75, 3.05) is 59.5 Å². The number of hydrogen-bond acceptors (Lipinski definition) is 4. The molecule has 1 aromatic rings. The molecule has 0 amide bonds. The largest absolute Gasteiger partial charge is 0.379 e. The van der Waals surface area contributed by atoms with E-state index in [1.807, 2.05) is 7.05 Å². The number of nitrogens with one attached hydrogen (secondary N) is 2. The molecule has 2 fully saturated rings. The van der Waals surface area contributed by atoms with E-state index in [0.717, 1.165) is 58.4 Å². The van der Waals surface area contributed by atoms with E-state index in [0.29, 0.717) is 6.04 Å². The molecule has 2 aliphatic rings. The predicted molar refractivity (Wildman–Crippen MR) is 116 cm³/mol. The van der Waals surface area contributed by atoms with E-state index in [4.69, 9.17) is 4.74 Å². The van der Waals surface area contributed by atoms with Crippen LogP contribution in [0.3, 0.4) is 0 Å². The number of hydrogen-bond donors (Lipinski definition) is 2. The first-order chi connectivity index (χ1) is 13.8. The van der Waals surface area contributed by atoms with Crippen molar-refractivity contribution >= 4 is 5.96 Å². The van der Waals surface area contributed by atoms with Crippen LogP contribution in [-0.4, -0.2) is 81.3 Å². The maximum absolute atomic E-state index is 5.40. The van der Waals surface area contributed by atoms with Gasteiger partial charge in [-0.05, 0) is 37.8 Å². The van der Waals surface area contributed by atoms with Crippen LogP contribution in [0, 0.1) is 0 Å². The summed E-state index contributed by atoms with van der Waals surface area (Å²) >= 11 is 0. The van der Waals surface area contributed by atoms with E-state index in [2.05, 4.69) is 55.8 Å². The minimum Gasteiger partial charge on any atom is -0.379 e. The second kappa shape index (κ2) is 12.0. The normalized spacial score (nSPS) is 20.2. The van der Waals surface area contributed by atoms with E-state index >= 15 is 0 Å². The molecule has 2 aliphatic heterocycles. The Bertz CT molecular complexity index is 566. The highest BCUT2D eigenvalue weighted by molar-refractivity contribution is 5.79. The topological polar surface area (TPSA) is 52.1 Å². The summed E-state index contributed by atoms with van der Waals surface area (Å²) < 4.78 is 5.40. The molecule has 0 atom stereocenters. The molecule has 0 aliphatic carbocycles. The lowest BCUT2D eigenvalue weighted by molar-refractivity contribution is 0.0372. The van der Waals surface area contributed by atoms with E-state index < -0.39 is 0 Å². The number of piperidine rings is 1. The van der Waals surface area contributed by atoms with Crippen molar-refractivity contribution in [1.82, 2.24) is 20.4 Å². The monoisotopic (exact) mass is 387 g/mol. The van der Waals surface area contributed by atoms with E-state index in [-0.39, 0.29) is 0 Å². The van der Waals surface area contributed by atoms with Gasteiger partial charge < -0.3 is 15.4 Å². The molecular weight excluding hydrogens is 350 g/mol. The summed E-state index contributed by atoms with van der Waals surface area (Å²) in [6.45, 7) is 9.45. The number of guanidine groups is 1. The minimum atomic E-state index is 0.520. The van der Waals surface area contributed by atoms with Crippen LogP contribution in [-0.2, 0) is 11.3 Å². The molecule has 0 unspecified atom stereocenters. The smallest absolute Gasteiger partial charge is 0.191 e. The summed E-state index contributed by atoms with van der Waals surface area (Å²) in [5.41, 5.74) is 1.41. The first kappa shape index (κ1) is 21.1. The van der Waals surface area contributed by atoms with Gasteiger partial charge in [0.15, 0.2) is 5.96 Å². The summed E-state index contributed by atoms with van der Waals surface area (Å²) in [6.07, 6.45) is 4.74. The van der Waals surface area contributed by atoms with Crippen molar-refractivity contribution in [2.24, 2.45) is 4.99 Å². The van der Waals surface area contributed by atoms with Gasteiger partial charge in [-0.3, -0.25) is 14.8 Å². The van der Waals surface area contributed by atoms with Crippen molar-refractivity contribution < 1.29 is 4.74 Å². The Kier molecular flexibility index (Phi) is 9.07. The van der Waals surface area contributed by atoms with Gasteiger partial charge in [-0.1, -0.05) is 30.3 Å². The number of rotatable bonds is 8. The Balaban J connectivity index is 1.26.